The second-order valence-corrected chi connectivity index (χ2v) is 10.8. The zero-order valence-electron chi connectivity index (χ0n) is 24.1. The second kappa shape index (κ2) is 12.5. The Labute approximate surface area is 248 Å². The van der Waals surface area contributed by atoms with E-state index in [9.17, 15) is 23.2 Å². The minimum atomic E-state index is -4.54. The molecule has 5 rings (SSSR count). The van der Waals surface area contributed by atoms with Crippen molar-refractivity contribution in [2.24, 2.45) is 0 Å². The minimum absolute atomic E-state index is 0.0332. The standard InChI is InChI=1S/C31H34F3N7O2/c1-3-43-28-25(5-4-13-37-28)26-8-6-23(19-38-26)30(39-29(42)41-14-10-24(20-41)36-2)11-15-40(16-12-30)27-9-7-22(31(32,33)34)17-21(27)18-35/h4-9,13,17,19,24,36H,3,10-12,14-16,20H2,1-2H3,(H,39,42)/t24-/m1/s1. The number of likely N-dealkylation sites (N-methyl/N-ethyl adjacent to an activating group) is 1. The average Bonchev–Trinajstić information content (AvgIpc) is 3.51. The van der Waals surface area contributed by atoms with Crippen LogP contribution in [0.3, 0.4) is 0 Å². The van der Waals surface area contributed by atoms with E-state index < -0.39 is 17.3 Å². The van der Waals surface area contributed by atoms with Gasteiger partial charge in [-0.2, -0.15) is 18.4 Å². The van der Waals surface area contributed by atoms with E-state index in [1.165, 1.54) is 6.07 Å². The van der Waals surface area contributed by atoms with Crippen LogP contribution in [0.2, 0.25) is 0 Å². The van der Waals surface area contributed by atoms with Crippen molar-refractivity contribution < 1.29 is 22.7 Å². The number of pyridine rings is 2. The van der Waals surface area contributed by atoms with Gasteiger partial charge in [-0.25, -0.2) is 9.78 Å². The van der Waals surface area contributed by atoms with Crippen molar-refractivity contribution in [3.8, 4) is 23.2 Å². The van der Waals surface area contributed by atoms with Gasteiger partial charge in [-0.05, 0) is 75.2 Å². The molecule has 1 aromatic carbocycles. The van der Waals surface area contributed by atoms with E-state index >= 15 is 0 Å². The summed E-state index contributed by atoms with van der Waals surface area (Å²) < 4.78 is 45.5. The second-order valence-electron chi connectivity index (χ2n) is 10.8. The van der Waals surface area contributed by atoms with Gasteiger partial charge in [0.15, 0.2) is 0 Å². The summed E-state index contributed by atoms with van der Waals surface area (Å²) in [4.78, 5) is 26.3. The summed E-state index contributed by atoms with van der Waals surface area (Å²) in [5, 5.41) is 16.2. The molecule has 0 radical (unpaired) electrons. The lowest BCUT2D eigenvalue weighted by molar-refractivity contribution is -0.137. The molecule has 0 aliphatic carbocycles. The molecule has 2 saturated heterocycles. The van der Waals surface area contributed by atoms with E-state index in [1.54, 1.807) is 17.3 Å². The fourth-order valence-corrected chi connectivity index (χ4v) is 5.83. The van der Waals surface area contributed by atoms with Crippen molar-refractivity contribution in [2.75, 3.05) is 44.7 Å². The van der Waals surface area contributed by atoms with E-state index in [0.29, 0.717) is 62.9 Å². The summed E-state index contributed by atoms with van der Waals surface area (Å²) in [6.45, 7) is 4.41. The first-order valence-electron chi connectivity index (χ1n) is 14.3. The number of benzene rings is 1. The zero-order chi connectivity index (χ0) is 30.6. The van der Waals surface area contributed by atoms with Crippen LogP contribution in [-0.4, -0.2) is 66.8 Å². The van der Waals surface area contributed by atoms with Gasteiger partial charge >= 0.3 is 12.2 Å². The maximum Gasteiger partial charge on any atom is 0.416 e. The molecule has 4 heterocycles. The Morgan fingerprint density at radius 2 is 1.95 bits per heavy atom. The lowest BCUT2D eigenvalue weighted by atomic mass is 9.81. The number of alkyl halides is 3. The van der Waals surface area contributed by atoms with Gasteiger partial charge in [-0.15, -0.1) is 0 Å². The van der Waals surface area contributed by atoms with Gasteiger partial charge in [0.2, 0.25) is 5.88 Å². The van der Waals surface area contributed by atoms with Crippen LogP contribution >= 0.6 is 0 Å². The van der Waals surface area contributed by atoms with Gasteiger partial charge in [0.05, 0.1) is 40.2 Å². The number of rotatable bonds is 7. The molecule has 2 N–H and O–H groups in total. The maximum absolute atomic E-state index is 13.5. The number of carbonyl (C=O) groups excluding carboxylic acids is 1. The van der Waals surface area contributed by atoms with Crippen LogP contribution in [0.15, 0.2) is 54.9 Å². The third-order valence-electron chi connectivity index (χ3n) is 8.28. The molecule has 3 aromatic rings. The SMILES string of the molecule is CCOc1ncccc1-c1ccc(C2(NC(=O)N3CC[C@@H](NC)C3)CCN(c3ccc(C(F)(F)F)cc3C#N)CC2)cn1. The number of urea groups is 1. The monoisotopic (exact) mass is 593 g/mol. The van der Waals surface area contributed by atoms with Crippen molar-refractivity contribution in [1.29, 1.82) is 5.26 Å². The summed E-state index contributed by atoms with van der Waals surface area (Å²) in [6, 6.07) is 12.8. The Balaban J connectivity index is 1.43. The average molecular weight is 594 g/mol. The third kappa shape index (κ3) is 6.37. The molecular weight excluding hydrogens is 559 g/mol. The highest BCUT2D eigenvalue weighted by Crippen LogP contribution is 2.38. The van der Waals surface area contributed by atoms with E-state index in [2.05, 4.69) is 15.6 Å². The van der Waals surface area contributed by atoms with Crippen LogP contribution < -0.4 is 20.3 Å². The Morgan fingerprint density at radius 3 is 2.58 bits per heavy atom. The number of nitrogens with zero attached hydrogens (tertiary/aromatic N) is 5. The molecule has 1 atom stereocenters. The van der Waals surface area contributed by atoms with Crippen LogP contribution in [0, 0.1) is 11.3 Å². The predicted molar refractivity (Wildman–Crippen MR) is 155 cm³/mol. The molecule has 0 unspecified atom stereocenters. The number of piperidine rings is 1. The minimum Gasteiger partial charge on any atom is -0.477 e. The zero-order valence-corrected chi connectivity index (χ0v) is 24.1. The Morgan fingerprint density at radius 1 is 1.16 bits per heavy atom. The van der Waals surface area contributed by atoms with Crippen LogP contribution in [-0.2, 0) is 11.7 Å². The van der Waals surface area contributed by atoms with Gasteiger partial charge in [0.25, 0.3) is 0 Å². The molecule has 43 heavy (non-hydrogen) atoms. The van der Waals surface area contributed by atoms with E-state index in [0.717, 1.165) is 29.7 Å². The number of nitriles is 1. The fraction of sp³-hybridized carbons (Fsp3) is 0.419. The maximum atomic E-state index is 13.5. The van der Waals surface area contributed by atoms with Gasteiger partial charge in [-0.3, -0.25) is 4.98 Å². The molecule has 0 saturated carbocycles. The van der Waals surface area contributed by atoms with Gasteiger partial charge in [0.1, 0.15) is 6.07 Å². The van der Waals surface area contributed by atoms with Gasteiger partial charge in [-0.1, -0.05) is 6.07 Å². The van der Waals surface area contributed by atoms with E-state index in [4.69, 9.17) is 9.72 Å². The van der Waals surface area contributed by atoms with Crippen molar-refractivity contribution in [1.82, 2.24) is 25.5 Å². The first kappa shape index (κ1) is 30.1. The smallest absolute Gasteiger partial charge is 0.416 e. The highest BCUT2D eigenvalue weighted by Gasteiger charge is 2.41. The number of aromatic nitrogens is 2. The van der Waals surface area contributed by atoms with Gasteiger partial charge in [0, 0.05) is 44.6 Å². The summed E-state index contributed by atoms with van der Waals surface area (Å²) in [7, 11) is 1.88. The van der Waals surface area contributed by atoms with Gasteiger partial charge < -0.3 is 25.2 Å². The number of anilines is 1. The largest absolute Gasteiger partial charge is 0.477 e. The highest BCUT2D eigenvalue weighted by molar-refractivity contribution is 5.76. The summed E-state index contributed by atoms with van der Waals surface area (Å²) in [5.74, 6) is 0.486. The lowest BCUT2D eigenvalue weighted by Gasteiger charge is -2.44. The first-order chi connectivity index (χ1) is 20.7. The van der Waals surface area contributed by atoms with Crippen LogP contribution in [0.25, 0.3) is 11.3 Å². The highest BCUT2D eigenvalue weighted by atomic mass is 19.4. The Bertz CT molecular complexity index is 1480. The number of hydrogen-bond acceptors (Lipinski definition) is 7. The molecule has 2 aliphatic rings. The molecular formula is C31H34F3N7O2. The Kier molecular flexibility index (Phi) is 8.73. The molecule has 0 spiro atoms. The number of carbonyl (C=O) groups is 1. The van der Waals surface area contributed by atoms with E-state index in [-0.39, 0.29) is 17.6 Å². The molecule has 9 nitrogen and oxygen atoms in total. The first-order valence-corrected chi connectivity index (χ1v) is 14.3. The quantitative estimate of drug-likeness (QED) is 0.400. The lowest BCUT2D eigenvalue weighted by Crippen LogP contribution is -2.56. The molecule has 0 bridgehead atoms. The molecule has 12 heteroatoms. The normalized spacial score (nSPS) is 18.3. The van der Waals surface area contributed by atoms with Crippen LogP contribution in [0.1, 0.15) is 42.9 Å². The number of amides is 2. The topological polar surface area (TPSA) is 106 Å². The molecule has 2 aromatic heterocycles. The number of ether oxygens (including phenoxy) is 1. The van der Waals surface area contributed by atoms with Crippen LogP contribution in [0.5, 0.6) is 5.88 Å². The molecule has 226 valence electrons. The number of nitrogens with one attached hydrogen (secondary N) is 2. The van der Waals surface area contributed by atoms with Crippen molar-refractivity contribution in [2.45, 2.75) is 43.9 Å². The fourth-order valence-electron chi connectivity index (χ4n) is 5.83. The molecule has 2 fully saturated rings. The Hall–Kier alpha value is -4.37. The number of halogens is 3. The predicted octanol–water partition coefficient (Wildman–Crippen LogP) is 4.93. The molecule has 2 aliphatic heterocycles. The van der Waals surface area contributed by atoms with Crippen molar-refractivity contribution >= 4 is 11.7 Å². The number of likely N-dealkylation sites (tertiary alicyclic amines) is 1. The summed E-state index contributed by atoms with van der Waals surface area (Å²) in [5.41, 5.74) is 1.04. The third-order valence-corrected chi connectivity index (χ3v) is 8.28. The van der Waals surface area contributed by atoms with E-state index in [1.807, 2.05) is 49.2 Å². The van der Waals surface area contributed by atoms with Crippen molar-refractivity contribution in [3.05, 3.63) is 71.5 Å². The van der Waals surface area contributed by atoms with Crippen molar-refractivity contribution in [3.63, 3.8) is 0 Å². The van der Waals surface area contributed by atoms with Crippen LogP contribution in [0.4, 0.5) is 23.7 Å². The molecule has 2 amide bonds. The summed E-state index contributed by atoms with van der Waals surface area (Å²) >= 11 is 0. The number of hydrogen-bond donors (Lipinski definition) is 2. The summed E-state index contributed by atoms with van der Waals surface area (Å²) in [6.07, 6.45) is 0.669.